The molecule has 2 aromatic heterocycles. The predicted octanol–water partition coefficient (Wildman–Crippen LogP) is 4.49. The first kappa shape index (κ1) is 16.8. The van der Waals surface area contributed by atoms with Crippen molar-refractivity contribution < 1.29 is 4.79 Å². The average Bonchev–Trinajstić information content (AvgIpc) is 3.36. The fraction of sp³-hybridized carbons (Fsp3) is 0.250. The van der Waals surface area contributed by atoms with Gasteiger partial charge in [0.2, 0.25) is 0 Å². The van der Waals surface area contributed by atoms with E-state index in [4.69, 9.17) is 11.6 Å². The highest BCUT2D eigenvalue weighted by atomic mass is 35.5. The summed E-state index contributed by atoms with van der Waals surface area (Å²) in [5.41, 5.74) is 2.96. The molecule has 1 N–H and O–H groups in total. The Morgan fingerprint density at radius 3 is 2.77 bits per heavy atom. The second-order valence-electron chi connectivity index (χ2n) is 6.55. The maximum absolute atomic E-state index is 13.2. The molecule has 1 amide bonds. The average molecular weight is 367 g/mol. The van der Waals surface area contributed by atoms with Crippen LogP contribution in [-0.2, 0) is 0 Å². The molecule has 1 saturated carbocycles. The molecule has 1 atom stereocenters. The van der Waals surface area contributed by atoms with Gasteiger partial charge in [0.1, 0.15) is 5.69 Å². The number of amides is 1. The van der Waals surface area contributed by atoms with Gasteiger partial charge in [0, 0.05) is 22.8 Å². The second kappa shape index (κ2) is 6.92. The predicted molar refractivity (Wildman–Crippen MR) is 101 cm³/mol. The normalized spacial score (nSPS) is 14.8. The van der Waals surface area contributed by atoms with Gasteiger partial charge in [-0.3, -0.25) is 14.9 Å². The van der Waals surface area contributed by atoms with Crippen molar-refractivity contribution in [2.75, 3.05) is 0 Å². The van der Waals surface area contributed by atoms with E-state index >= 15 is 0 Å². The molecule has 0 spiro atoms. The first-order valence-corrected chi connectivity index (χ1v) is 9.06. The van der Waals surface area contributed by atoms with Crippen molar-refractivity contribution in [3.05, 3.63) is 71.1 Å². The summed E-state index contributed by atoms with van der Waals surface area (Å²) in [4.78, 5) is 19.5. The van der Waals surface area contributed by atoms with Crippen LogP contribution in [0.3, 0.4) is 0 Å². The molecule has 1 aliphatic rings. The number of carbonyl (C=O) groups excluding carboxylic acids is 1. The van der Waals surface area contributed by atoms with E-state index in [-0.39, 0.29) is 18.0 Å². The fourth-order valence-corrected chi connectivity index (χ4v) is 3.33. The minimum atomic E-state index is -0.0888. The second-order valence-corrected chi connectivity index (χ2v) is 6.99. The van der Waals surface area contributed by atoms with Crippen LogP contribution in [-0.4, -0.2) is 32.0 Å². The number of aromatic amines is 1. The molecular formula is C20H19ClN4O. The zero-order chi connectivity index (χ0) is 18.1. The molecule has 0 unspecified atom stereocenters. The number of H-pyrrole nitrogens is 1. The molecule has 2 heterocycles. The number of rotatable bonds is 5. The molecule has 0 aliphatic heterocycles. The third-order valence-electron chi connectivity index (χ3n) is 4.64. The van der Waals surface area contributed by atoms with E-state index in [1.807, 2.05) is 54.3 Å². The van der Waals surface area contributed by atoms with E-state index in [9.17, 15) is 4.79 Å². The van der Waals surface area contributed by atoms with Crippen molar-refractivity contribution in [3.63, 3.8) is 0 Å². The van der Waals surface area contributed by atoms with Crippen LogP contribution in [0.25, 0.3) is 11.3 Å². The summed E-state index contributed by atoms with van der Waals surface area (Å²) in [5, 5.41) is 7.82. The van der Waals surface area contributed by atoms with Crippen molar-refractivity contribution in [2.45, 2.75) is 31.8 Å². The molecule has 1 aliphatic carbocycles. The molecule has 3 aromatic rings. The van der Waals surface area contributed by atoms with Crippen molar-refractivity contribution >= 4 is 17.5 Å². The first-order chi connectivity index (χ1) is 12.6. The summed E-state index contributed by atoms with van der Waals surface area (Å²) in [6.07, 6.45) is 3.81. The van der Waals surface area contributed by atoms with Crippen LogP contribution in [0.4, 0.5) is 0 Å². The van der Waals surface area contributed by atoms with E-state index in [0.29, 0.717) is 16.4 Å². The Bertz CT molecular complexity index is 920. The molecule has 0 saturated heterocycles. The van der Waals surface area contributed by atoms with Crippen LogP contribution >= 0.6 is 11.6 Å². The lowest BCUT2D eigenvalue weighted by molar-refractivity contribution is 0.0664. The molecule has 26 heavy (non-hydrogen) atoms. The van der Waals surface area contributed by atoms with Gasteiger partial charge in [-0.1, -0.05) is 29.8 Å². The monoisotopic (exact) mass is 366 g/mol. The van der Waals surface area contributed by atoms with E-state index in [0.717, 1.165) is 24.1 Å². The molecule has 0 bridgehead atoms. The number of aromatic nitrogens is 3. The topological polar surface area (TPSA) is 61.9 Å². The van der Waals surface area contributed by atoms with Crippen molar-refractivity contribution in [1.82, 2.24) is 20.1 Å². The van der Waals surface area contributed by atoms with Crippen LogP contribution < -0.4 is 0 Å². The van der Waals surface area contributed by atoms with Crippen LogP contribution in [0.5, 0.6) is 0 Å². The Morgan fingerprint density at radius 1 is 1.23 bits per heavy atom. The summed E-state index contributed by atoms with van der Waals surface area (Å²) in [6, 6.07) is 15.2. The van der Waals surface area contributed by atoms with Crippen LogP contribution in [0.2, 0.25) is 5.02 Å². The highest BCUT2D eigenvalue weighted by Gasteiger charge is 2.37. The molecular weight excluding hydrogens is 348 g/mol. The molecule has 1 fully saturated rings. The number of hydrogen-bond acceptors (Lipinski definition) is 3. The molecule has 0 radical (unpaired) electrons. The van der Waals surface area contributed by atoms with E-state index in [1.165, 1.54) is 0 Å². The molecule has 132 valence electrons. The van der Waals surface area contributed by atoms with Gasteiger partial charge in [-0.25, -0.2) is 0 Å². The zero-order valence-corrected chi connectivity index (χ0v) is 15.1. The highest BCUT2D eigenvalue weighted by Crippen LogP contribution is 2.35. The van der Waals surface area contributed by atoms with Gasteiger partial charge in [-0.05, 0) is 50.1 Å². The minimum absolute atomic E-state index is 0.0496. The van der Waals surface area contributed by atoms with Crippen LogP contribution in [0.1, 0.15) is 42.0 Å². The maximum Gasteiger partial charge on any atom is 0.272 e. The smallest absolute Gasteiger partial charge is 0.272 e. The number of nitrogens with zero attached hydrogens (tertiary/aromatic N) is 3. The summed E-state index contributed by atoms with van der Waals surface area (Å²) < 4.78 is 0. The number of pyridine rings is 1. The van der Waals surface area contributed by atoms with Gasteiger partial charge in [-0.15, -0.1) is 0 Å². The van der Waals surface area contributed by atoms with Crippen molar-refractivity contribution in [1.29, 1.82) is 0 Å². The lowest BCUT2D eigenvalue weighted by Gasteiger charge is -2.28. The summed E-state index contributed by atoms with van der Waals surface area (Å²) in [7, 11) is 0. The Labute approximate surface area is 157 Å². The van der Waals surface area contributed by atoms with Gasteiger partial charge in [0.05, 0.1) is 17.4 Å². The molecule has 1 aromatic carbocycles. The van der Waals surface area contributed by atoms with Gasteiger partial charge in [0.25, 0.3) is 5.91 Å². The van der Waals surface area contributed by atoms with E-state index in [1.54, 1.807) is 12.3 Å². The lowest BCUT2D eigenvalue weighted by atomic mass is 10.1. The van der Waals surface area contributed by atoms with Crippen LogP contribution in [0.15, 0.2) is 54.7 Å². The summed E-state index contributed by atoms with van der Waals surface area (Å²) in [6.45, 7) is 2.02. The Balaban J connectivity index is 1.61. The Morgan fingerprint density at radius 2 is 2.08 bits per heavy atom. The number of carbonyl (C=O) groups is 1. The lowest BCUT2D eigenvalue weighted by Crippen LogP contribution is -2.36. The summed E-state index contributed by atoms with van der Waals surface area (Å²) in [5.74, 6) is -0.0496. The molecule has 4 rings (SSSR count). The van der Waals surface area contributed by atoms with Crippen molar-refractivity contribution in [2.24, 2.45) is 0 Å². The number of hydrogen-bond donors (Lipinski definition) is 1. The summed E-state index contributed by atoms with van der Waals surface area (Å²) >= 11 is 6.05. The SMILES string of the molecule is C[C@H](c1ccccn1)N(C(=O)c1cc(-c2cccc(Cl)c2)n[nH]1)C1CC1. The number of halogens is 1. The number of nitrogens with one attached hydrogen (secondary N) is 1. The van der Waals surface area contributed by atoms with Crippen LogP contribution in [0, 0.1) is 0 Å². The minimum Gasteiger partial charge on any atom is -0.326 e. The van der Waals surface area contributed by atoms with Crippen molar-refractivity contribution in [3.8, 4) is 11.3 Å². The standard InChI is InChI=1S/C20H19ClN4O/c1-13(17-7-2-3-10-22-17)25(16-8-9-16)20(26)19-12-18(23-24-19)14-5-4-6-15(21)11-14/h2-7,10-13,16H,8-9H2,1H3,(H,23,24)/t13-/m1/s1. The fourth-order valence-electron chi connectivity index (χ4n) is 3.14. The van der Waals surface area contributed by atoms with E-state index < -0.39 is 0 Å². The zero-order valence-electron chi connectivity index (χ0n) is 14.4. The third kappa shape index (κ3) is 3.35. The largest absolute Gasteiger partial charge is 0.326 e. The third-order valence-corrected chi connectivity index (χ3v) is 4.87. The van der Waals surface area contributed by atoms with Gasteiger partial charge >= 0.3 is 0 Å². The quantitative estimate of drug-likeness (QED) is 0.723. The van der Waals surface area contributed by atoms with Gasteiger partial charge in [-0.2, -0.15) is 5.10 Å². The maximum atomic E-state index is 13.2. The molecule has 6 heteroatoms. The molecule has 5 nitrogen and oxygen atoms in total. The van der Waals surface area contributed by atoms with Gasteiger partial charge < -0.3 is 4.90 Å². The first-order valence-electron chi connectivity index (χ1n) is 8.68. The Hall–Kier alpha value is -2.66. The van der Waals surface area contributed by atoms with E-state index in [2.05, 4.69) is 15.2 Å². The Kier molecular flexibility index (Phi) is 4.47. The van der Waals surface area contributed by atoms with Gasteiger partial charge in [0.15, 0.2) is 0 Å². The highest BCUT2D eigenvalue weighted by molar-refractivity contribution is 6.30. The number of benzene rings is 1.